The lowest BCUT2D eigenvalue weighted by atomic mass is 9.82. The number of hydrogen-bond donors (Lipinski definition) is 0. The van der Waals surface area contributed by atoms with E-state index in [0.717, 1.165) is 50.9 Å². The Morgan fingerprint density at radius 3 is 2.02 bits per heavy atom. The monoisotopic (exact) mass is 653 g/mol. The molecule has 51 heavy (non-hydrogen) atoms. The number of hydrogen-bond acceptors (Lipinski definition) is 2. The van der Waals surface area contributed by atoms with Crippen LogP contribution >= 0.6 is 0 Å². The summed E-state index contributed by atoms with van der Waals surface area (Å²) in [6.45, 7) is 4.68. The summed E-state index contributed by atoms with van der Waals surface area (Å²) < 4.78 is 6.54. The summed E-state index contributed by atoms with van der Waals surface area (Å²) in [6.07, 6.45) is 3.08. The fourth-order valence-electron chi connectivity index (χ4n) is 8.41. The maximum atomic E-state index is 6.54. The normalized spacial score (nSPS) is 14.4. The van der Waals surface area contributed by atoms with Crippen molar-refractivity contribution in [2.45, 2.75) is 25.7 Å². The topological polar surface area (TPSA) is 25.5 Å². The minimum absolute atomic E-state index is 0.0529. The van der Waals surface area contributed by atoms with Crippen LogP contribution in [0.5, 0.6) is 0 Å². The standard InChI is InChI=1S/C49H35NO/c1-49(2)41-19-9-8-16-38(41)46-36(17-10-20-42(46)49)35-27-29-44-40(30-35)47-39(18-11-21-45(47)51-44)43-28-26-33-14-6-7-15-37(33)48(50-43)34-24-22-32(23-25-34)31-12-4-3-5-13-31/h3-25,27-30H,26H2,1-2H3. The van der Waals surface area contributed by atoms with Crippen LogP contribution in [0, 0.1) is 0 Å². The fourth-order valence-corrected chi connectivity index (χ4v) is 8.41. The molecule has 0 fully saturated rings. The molecule has 242 valence electrons. The van der Waals surface area contributed by atoms with Crippen molar-refractivity contribution >= 4 is 33.3 Å². The van der Waals surface area contributed by atoms with E-state index in [0.29, 0.717) is 0 Å². The SMILES string of the molecule is CC1(C)c2ccccc2-c2c(-c3ccc4oc5cccc(C6=CCc7ccccc7C(c7ccc(-c8ccccc8)cc7)=N6)c5c4c3)cccc21. The summed E-state index contributed by atoms with van der Waals surface area (Å²) in [5.74, 6) is 0. The molecule has 0 N–H and O–H groups in total. The maximum Gasteiger partial charge on any atom is 0.136 e. The Morgan fingerprint density at radius 1 is 0.510 bits per heavy atom. The first-order valence-electron chi connectivity index (χ1n) is 17.8. The van der Waals surface area contributed by atoms with Gasteiger partial charge in [-0.05, 0) is 74.7 Å². The van der Waals surface area contributed by atoms with E-state index in [2.05, 4.69) is 178 Å². The molecule has 10 rings (SSSR count). The average molecular weight is 654 g/mol. The van der Waals surface area contributed by atoms with Crippen LogP contribution in [0.2, 0.25) is 0 Å². The van der Waals surface area contributed by atoms with E-state index in [9.17, 15) is 0 Å². The van der Waals surface area contributed by atoms with Crippen molar-refractivity contribution in [2.75, 3.05) is 0 Å². The Hall–Kier alpha value is -6.25. The number of benzene rings is 7. The zero-order chi connectivity index (χ0) is 34.1. The number of aliphatic imine (C=N–C) groups is 1. The second-order valence-corrected chi connectivity index (χ2v) is 14.2. The summed E-state index contributed by atoms with van der Waals surface area (Å²) in [6, 6.07) is 56.7. The van der Waals surface area contributed by atoms with Crippen molar-refractivity contribution in [1.29, 1.82) is 0 Å². The number of nitrogens with zero attached hydrogens (tertiary/aromatic N) is 1. The van der Waals surface area contributed by atoms with Crippen LogP contribution in [0.15, 0.2) is 173 Å². The summed E-state index contributed by atoms with van der Waals surface area (Å²) in [5, 5.41) is 2.20. The van der Waals surface area contributed by atoms with Gasteiger partial charge in [-0.15, -0.1) is 0 Å². The molecule has 0 unspecified atom stereocenters. The third-order valence-corrected chi connectivity index (χ3v) is 11.0. The number of rotatable bonds is 4. The van der Waals surface area contributed by atoms with Crippen molar-refractivity contribution < 1.29 is 4.42 Å². The van der Waals surface area contributed by atoms with Gasteiger partial charge in [-0.25, -0.2) is 4.99 Å². The molecule has 2 heteroatoms. The van der Waals surface area contributed by atoms with Gasteiger partial charge in [-0.2, -0.15) is 0 Å². The van der Waals surface area contributed by atoms with Gasteiger partial charge in [-0.3, -0.25) is 0 Å². The van der Waals surface area contributed by atoms with E-state index in [4.69, 9.17) is 9.41 Å². The van der Waals surface area contributed by atoms with Crippen LogP contribution in [0.25, 0.3) is 61.0 Å². The van der Waals surface area contributed by atoms with Crippen molar-refractivity contribution in [3.63, 3.8) is 0 Å². The molecule has 0 atom stereocenters. The first-order chi connectivity index (χ1) is 25.0. The Morgan fingerprint density at radius 2 is 1.16 bits per heavy atom. The third-order valence-electron chi connectivity index (χ3n) is 11.0. The number of allylic oxidation sites excluding steroid dienone is 1. The zero-order valence-corrected chi connectivity index (χ0v) is 28.7. The van der Waals surface area contributed by atoms with Gasteiger partial charge < -0.3 is 4.42 Å². The number of fused-ring (bicyclic) bond motifs is 7. The predicted molar refractivity (Wildman–Crippen MR) is 212 cm³/mol. The Balaban J connectivity index is 1.14. The molecule has 2 heterocycles. The molecule has 0 saturated heterocycles. The quantitative estimate of drug-likeness (QED) is 0.186. The van der Waals surface area contributed by atoms with Gasteiger partial charge in [0.15, 0.2) is 0 Å². The number of furan rings is 1. The Bertz CT molecular complexity index is 2720. The minimum Gasteiger partial charge on any atom is -0.456 e. The molecule has 1 aliphatic carbocycles. The lowest BCUT2D eigenvalue weighted by Crippen LogP contribution is -2.14. The highest BCUT2D eigenvalue weighted by Gasteiger charge is 2.36. The highest BCUT2D eigenvalue weighted by atomic mass is 16.3. The highest BCUT2D eigenvalue weighted by molar-refractivity contribution is 6.18. The van der Waals surface area contributed by atoms with E-state index >= 15 is 0 Å². The minimum atomic E-state index is -0.0529. The first-order valence-corrected chi connectivity index (χ1v) is 17.8. The van der Waals surface area contributed by atoms with E-state index in [-0.39, 0.29) is 5.41 Å². The smallest absolute Gasteiger partial charge is 0.136 e. The molecule has 0 spiro atoms. The lowest BCUT2D eigenvalue weighted by molar-refractivity contribution is 0.660. The van der Waals surface area contributed by atoms with Crippen molar-refractivity contribution in [2.24, 2.45) is 4.99 Å². The Kier molecular flexibility index (Phi) is 6.63. The van der Waals surface area contributed by atoms with Crippen molar-refractivity contribution in [3.05, 3.63) is 197 Å². The molecule has 2 nitrogen and oxygen atoms in total. The zero-order valence-electron chi connectivity index (χ0n) is 28.7. The van der Waals surface area contributed by atoms with Gasteiger partial charge in [0.05, 0.1) is 11.4 Å². The van der Waals surface area contributed by atoms with Crippen LogP contribution < -0.4 is 0 Å². The summed E-state index contributed by atoms with van der Waals surface area (Å²) >= 11 is 0. The van der Waals surface area contributed by atoms with Crippen LogP contribution in [0.3, 0.4) is 0 Å². The highest BCUT2D eigenvalue weighted by Crippen LogP contribution is 2.52. The van der Waals surface area contributed by atoms with Crippen LogP contribution in [-0.2, 0) is 11.8 Å². The molecular formula is C49H35NO. The largest absolute Gasteiger partial charge is 0.456 e. The summed E-state index contributed by atoms with van der Waals surface area (Å²) in [4.78, 5) is 5.50. The van der Waals surface area contributed by atoms with Gasteiger partial charge >= 0.3 is 0 Å². The van der Waals surface area contributed by atoms with Crippen molar-refractivity contribution in [3.8, 4) is 33.4 Å². The van der Waals surface area contributed by atoms with Gasteiger partial charge in [0.25, 0.3) is 0 Å². The molecule has 0 bridgehead atoms. The third kappa shape index (κ3) is 4.67. The van der Waals surface area contributed by atoms with Gasteiger partial charge in [0.1, 0.15) is 11.2 Å². The first kappa shape index (κ1) is 29.6. The molecule has 8 aromatic rings. The van der Waals surface area contributed by atoms with Crippen LogP contribution in [0.1, 0.15) is 47.2 Å². The van der Waals surface area contributed by atoms with Crippen LogP contribution in [0.4, 0.5) is 0 Å². The van der Waals surface area contributed by atoms with Crippen LogP contribution in [-0.4, -0.2) is 5.71 Å². The summed E-state index contributed by atoms with van der Waals surface area (Å²) in [5.41, 5.74) is 18.5. The van der Waals surface area contributed by atoms with Gasteiger partial charge in [0, 0.05) is 32.9 Å². The average Bonchev–Trinajstić information content (AvgIpc) is 3.59. The lowest BCUT2D eigenvalue weighted by Gasteiger charge is -2.21. The van der Waals surface area contributed by atoms with Gasteiger partial charge in [0.2, 0.25) is 0 Å². The molecule has 0 saturated carbocycles. The van der Waals surface area contributed by atoms with E-state index in [1.165, 1.54) is 55.6 Å². The molecular weight excluding hydrogens is 619 g/mol. The van der Waals surface area contributed by atoms with E-state index in [1.807, 2.05) is 0 Å². The summed E-state index contributed by atoms with van der Waals surface area (Å²) in [7, 11) is 0. The molecule has 1 aliphatic heterocycles. The molecule has 0 amide bonds. The van der Waals surface area contributed by atoms with E-state index in [1.54, 1.807) is 0 Å². The fraction of sp³-hybridized carbons (Fsp3) is 0.0816. The molecule has 7 aromatic carbocycles. The Labute approximate surface area is 298 Å². The van der Waals surface area contributed by atoms with E-state index < -0.39 is 0 Å². The second-order valence-electron chi connectivity index (χ2n) is 14.2. The predicted octanol–water partition coefficient (Wildman–Crippen LogP) is 12.7. The molecule has 1 aromatic heterocycles. The maximum absolute atomic E-state index is 6.54. The van der Waals surface area contributed by atoms with Gasteiger partial charge in [-0.1, -0.05) is 159 Å². The molecule has 2 aliphatic rings. The molecule has 0 radical (unpaired) electrons. The second kappa shape index (κ2) is 11.4. The van der Waals surface area contributed by atoms with Crippen molar-refractivity contribution in [1.82, 2.24) is 0 Å².